The highest BCUT2D eigenvalue weighted by Gasteiger charge is 2.21. The number of methoxy groups -OCH3 is 1. The summed E-state index contributed by atoms with van der Waals surface area (Å²) in [6.45, 7) is 1.70. The Hall–Kier alpha value is -1.72. The zero-order chi connectivity index (χ0) is 13.5. The van der Waals surface area contributed by atoms with Crippen LogP contribution in [0.1, 0.15) is 23.9 Å². The molecule has 5 heteroatoms. The Bertz CT molecular complexity index is 458. The maximum atomic E-state index is 5.11. The van der Waals surface area contributed by atoms with E-state index in [9.17, 15) is 0 Å². The van der Waals surface area contributed by atoms with Gasteiger partial charge in [0.15, 0.2) is 0 Å². The highest BCUT2D eigenvalue weighted by atomic mass is 16.5. The van der Waals surface area contributed by atoms with Crippen LogP contribution in [0.3, 0.4) is 0 Å². The molecule has 0 aliphatic carbocycles. The standard InChI is InChI=1S/C14H20N4O/c1-18(9-6-10-19-2)13(14-15-11-16-17-14)12-7-4-3-5-8-12/h3-5,7-8,11,13H,6,9-10H2,1-2H3,(H,15,16,17). The normalized spacial score (nSPS) is 12.8. The van der Waals surface area contributed by atoms with E-state index in [0.717, 1.165) is 25.4 Å². The van der Waals surface area contributed by atoms with Crippen molar-refractivity contribution in [3.8, 4) is 0 Å². The van der Waals surface area contributed by atoms with Gasteiger partial charge in [-0.05, 0) is 19.0 Å². The summed E-state index contributed by atoms with van der Waals surface area (Å²) in [5.41, 5.74) is 1.21. The number of nitrogens with one attached hydrogen (secondary N) is 1. The van der Waals surface area contributed by atoms with Gasteiger partial charge in [0.05, 0.1) is 6.04 Å². The lowest BCUT2D eigenvalue weighted by Gasteiger charge is -2.26. The zero-order valence-corrected chi connectivity index (χ0v) is 11.4. The largest absolute Gasteiger partial charge is 0.385 e. The third-order valence-corrected chi connectivity index (χ3v) is 3.11. The molecule has 1 aromatic carbocycles. The summed E-state index contributed by atoms with van der Waals surface area (Å²) < 4.78 is 5.11. The van der Waals surface area contributed by atoms with E-state index in [0.29, 0.717) is 0 Å². The van der Waals surface area contributed by atoms with Gasteiger partial charge < -0.3 is 4.74 Å². The van der Waals surface area contributed by atoms with Gasteiger partial charge in [0.25, 0.3) is 0 Å². The number of nitrogens with zero attached hydrogens (tertiary/aromatic N) is 3. The van der Waals surface area contributed by atoms with Crippen molar-refractivity contribution in [1.82, 2.24) is 20.1 Å². The average Bonchev–Trinajstić information content (AvgIpc) is 2.94. The van der Waals surface area contributed by atoms with Crippen LogP contribution in [0, 0.1) is 0 Å². The average molecular weight is 260 g/mol. The van der Waals surface area contributed by atoms with Crippen molar-refractivity contribution < 1.29 is 4.74 Å². The molecule has 0 spiro atoms. The van der Waals surface area contributed by atoms with Crippen molar-refractivity contribution in [3.63, 3.8) is 0 Å². The van der Waals surface area contributed by atoms with Gasteiger partial charge in [-0.25, -0.2) is 4.98 Å². The number of hydrogen-bond acceptors (Lipinski definition) is 4. The van der Waals surface area contributed by atoms with Crippen LogP contribution in [0.4, 0.5) is 0 Å². The minimum atomic E-state index is 0.0977. The molecule has 0 fully saturated rings. The van der Waals surface area contributed by atoms with Gasteiger partial charge in [-0.1, -0.05) is 30.3 Å². The lowest BCUT2D eigenvalue weighted by Crippen LogP contribution is -2.28. The summed E-state index contributed by atoms with van der Waals surface area (Å²) in [4.78, 5) is 6.56. The number of aromatic amines is 1. The molecule has 2 aromatic rings. The Morgan fingerprint density at radius 2 is 2.11 bits per heavy atom. The van der Waals surface area contributed by atoms with Gasteiger partial charge in [-0.2, -0.15) is 5.10 Å². The molecule has 0 bridgehead atoms. The van der Waals surface area contributed by atoms with Crippen molar-refractivity contribution in [3.05, 3.63) is 48.0 Å². The first-order valence-electron chi connectivity index (χ1n) is 6.42. The monoisotopic (exact) mass is 260 g/mol. The van der Waals surface area contributed by atoms with E-state index >= 15 is 0 Å². The first kappa shape index (κ1) is 13.7. The van der Waals surface area contributed by atoms with Crippen LogP contribution in [-0.4, -0.2) is 47.4 Å². The van der Waals surface area contributed by atoms with Crippen LogP contribution in [0.2, 0.25) is 0 Å². The lowest BCUT2D eigenvalue weighted by atomic mass is 10.0. The third-order valence-electron chi connectivity index (χ3n) is 3.11. The second kappa shape index (κ2) is 7.01. The van der Waals surface area contributed by atoms with Gasteiger partial charge in [-0.15, -0.1) is 0 Å². The lowest BCUT2D eigenvalue weighted by molar-refractivity contribution is 0.170. The van der Waals surface area contributed by atoms with Crippen molar-refractivity contribution in [1.29, 1.82) is 0 Å². The quantitative estimate of drug-likeness (QED) is 0.772. The molecule has 19 heavy (non-hydrogen) atoms. The minimum Gasteiger partial charge on any atom is -0.385 e. The van der Waals surface area contributed by atoms with Crippen LogP contribution < -0.4 is 0 Å². The molecule has 5 nitrogen and oxygen atoms in total. The molecular weight excluding hydrogens is 240 g/mol. The zero-order valence-electron chi connectivity index (χ0n) is 11.4. The van der Waals surface area contributed by atoms with Crippen LogP contribution in [0.15, 0.2) is 36.7 Å². The fourth-order valence-electron chi connectivity index (χ4n) is 2.19. The Kier molecular flexibility index (Phi) is 5.06. The molecule has 1 atom stereocenters. The van der Waals surface area contributed by atoms with Crippen LogP contribution in [0.25, 0.3) is 0 Å². The van der Waals surface area contributed by atoms with Gasteiger partial charge in [-0.3, -0.25) is 10.00 Å². The van der Waals surface area contributed by atoms with E-state index in [-0.39, 0.29) is 6.04 Å². The predicted octanol–water partition coefficient (Wildman–Crippen LogP) is 1.86. The maximum Gasteiger partial charge on any atom is 0.146 e. The smallest absolute Gasteiger partial charge is 0.146 e. The van der Waals surface area contributed by atoms with Crippen LogP contribution in [-0.2, 0) is 4.74 Å². The first-order valence-corrected chi connectivity index (χ1v) is 6.42. The van der Waals surface area contributed by atoms with E-state index in [1.807, 2.05) is 18.2 Å². The van der Waals surface area contributed by atoms with Crippen molar-refractivity contribution in [2.45, 2.75) is 12.5 Å². The Morgan fingerprint density at radius 3 is 2.74 bits per heavy atom. The number of aromatic nitrogens is 3. The van der Waals surface area contributed by atoms with Crippen LogP contribution >= 0.6 is 0 Å². The second-order valence-corrected chi connectivity index (χ2v) is 4.51. The summed E-state index contributed by atoms with van der Waals surface area (Å²) in [5, 5.41) is 6.93. The van der Waals surface area contributed by atoms with E-state index < -0.39 is 0 Å². The molecule has 0 aliphatic heterocycles. The van der Waals surface area contributed by atoms with Gasteiger partial charge >= 0.3 is 0 Å². The van der Waals surface area contributed by atoms with E-state index in [1.54, 1.807) is 13.4 Å². The van der Waals surface area contributed by atoms with Crippen molar-refractivity contribution in [2.24, 2.45) is 0 Å². The molecule has 2 rings (SSSR count). The van der Waals surface area contributed by atoms with Crippen molar-refractivity contribution in [2.75, 3.05) is 27.3 Å². The summed E-state index contributed by atoms with van der Waals surface area (Å²) in [5.74, 6) is 0.867. The molecule has 1 N–H and O–H groups in total. The number of benzene rings is 1. The van der Waals surface area contributed by atoms with Gasteiger partial charge in [0, 0.05) is 20.3 Å². The highest BCUT2D eigenvalue weighted by molar-refractivity contribution is 5.24. The molecule has 0 aliphatic rings. The topological polar surface area (TPSA) is 54.0 Å². The molecule has 1 heterocycles. The minimum absolute atomic E-state index is 0.0977. The number of H-pyrrole nitrogens is 1. The number of rotatable bonds is 7. The first-order chi connectivity index (χ1) is 9.33. The Labute approximate surface area is 113 Å². The maximum absolute atomic E-state index is 5.11. The second-order valence-electron chi connectivity index (χ2n) is 4.51. The molecular formula is C14H20N4O. The molecule has 0 radical (unpaired) electrons. The summed E-state index contributed by atoms with van der Waals surface area (Å²) in [6.07, 6.45) is 2.54. The van der Waals surface area contributed by atoms with E-state index in [2.05, 4.69) is 39.3 Å². The number of ether oxygens (including phenoxy) is 1. The molecule has 0 saturated heterocycles. The Morgan fingerprint density at radius 1 is 1.32 bits per heavy atom. The van der Waals surface area contributed by atoms with Crippen molar-refractivity contribution >= 4 is 0 Å². The Balaban J connectivity index is 2.16. The number of hydrogen-bond donors (Lipinski definition) is 1. The molecule has 1 unspecified atom stereocenters. The van der Waals surface area contributed by atoms with Gasteiger partial charge in [0.2, 0.25) is 0 Å². The molecule has 0 saturated carbocycles. The SMILES string of the molecule is COCCCN(C)C(c1ccccc1)c1ncn[nH]1. The summed E-state index contributed by atoms with van der Waals surface area (Å²) in [6, 6.07) is 10.4. The van der Waals surface area contributed by atoms with E-state index in [4.69, 9.17) is 4.74 Å². The third kappa shape index (κ3) is 3.62. The molecule has 1 aromatic heterocycles. The highest BCUT2D eigenvalue weighted by Crippen LogP contribution is 2.24. The summed E-state index contributed by atoms with van der Waals surface area (Å²) in [7, 11) is 3.82. The summed E-state index contributed by atoms with van der Waals surface area (Å²) >= 11 is 0. The van der Waals surface area contributed by atoms with E-state index in [1.165, 1.54) is 5.56 Å². The molecule has 0 amide bonds. The van der Waals surface area contributed by atoms with Crippen LogP contribution in [0.5, 0.6) is 0 Å². The van der Waals surface area contributed by atoms with Gasteiger partial charge in [0.1, 0.15) is 12.2 Å². The predicted molar refractivity (Wildman–Crippen MR) is 73.8 cm³/mol. The fourth-order valence-corrected chi connectivity index (χ4v) is 2.19. The molecule has 102 valence electrons. The fraction of sp³-hybridized carbons (Fsp3) is 0.429.